The fraction of sp³-hybridized carbons (Fsp3) is 0.500. The summed E-state index contributed by atoms with van der Waals surface area (Å²) in [6, 6.07) is 4.95. The van der Waals surface area contributed by atoms with E-state index >= 15 is 0 Å². The van der Waals surface area contributed by atoms with Gasteiger partial charge in [0.2, 0.25) is 0 Å². The number of hydrogen-bond acceptors (Lipinski definition) is 2. The van der Waals surface area contributed by atoms with Crippen LogP contribution < -0.4 is 5.73 Å². The molecule has 3 heteroatoms. The van der Waals surface area contributed by atoms with Crippen LogP contribution in [0.5, 0.6) is 0 Å². The lowest BCUT2D eigenvalue weighted by Crippen LogP contribution is -2.12. The van der Waals surface area contributed by atoms with E-state index in [0.717, 1.165) is 5.56 Å². The van der Waals surface area contributed by atoms with Gasteiger partial charge in [0, 0.05) is 15.7 Å². The highest BCUT2D eigenvalue weighted by Crippen LogP contribution is 2.37. The average Bonchev–Trinajstić information content (AvgIpc) is 2.05. The molecule has 1 atom stereocenters. The Bertz CT molecular complexity index is 342. The van der Waals surface area contributed by atoms with Crippen LogP contribution in [0.2, 0.25) is 0 Å². The van der Waals surface area contributed by atoms with E-state index in [1.165, 1.54) is 17.8 Å². The minimum absolute atomic E-state index is 0.00810. The minimum atomic E-state index is -0.176. The second-order valence-electron chi connectivity index (χ2n) is 4.66. The Balaban J connectivity index is 3.14. The van der Waals surface area contributed by atoms with E-state index in [1.807, 2.05) is 13.0 Å². The molecule has 0 amide bonds. The van der Waals surface area contributed by atoms with Crippen LogP contribution in [0.1, 0.15) is 39.3 Å². The Morgan fingerprint density at radius 2 is 1.93 bits per heavy atom. The summed E-state index contributed by atoms with van der Waals surface area (Å²) in [5.74, 6) is -0.176. The Morgan fingerprint density at radius 3 is 2.40 bits per heavy atom. The highest BCUT2D eigenvalue weighted by Gasteiger charge is 2.19. The van der Waals surface area contributed by atoms with Gasteiger partial charge in [-0.1, -0.05) is 32.9 Å². The van der Waals surface area contributed by atoms with Gasteiger partial charge < -0.3 is 5.73 Å². The van der Waals surface area contributed by atoms with Crippen LogP contribution in [0.15, 0.2) is 23.1 Å². The van der Waals surface area contributed by atoms with Gasteiger partial charge in [-0.25, -0.2) is 4.39 Å². The lowest BCUT2D eigenvalue weighted by molar-refractivity contribution is 0.589. The standard InChI is InChI=1S/C12H18FNS/c1-8(14)9-6-5-7-10(13)11(9)15-12(2,3)4/h5-8H,14H2,1-4H3/t8-/m0/s1. The van der Waals surface area contributed by atoms with E-state index in [2.05, 4.69) is 20.8 Å². The molecule has 0 fully saturated rings. The van der Waals surface area contributed by atoms with E-state index in [-0.39, 0.29) is 16.6 Å². The van der Waals surface area contributed by atoms with E-state index in [4.69, 9.17) is 5.73 Å². The third-order valence-electron chi connectivity index (χ3n) is 1.90. The molecule has 0 aliphatic rings. The first-order chi connectivity index (χ1) is 6.81. The second kappa shape index (κ2) is 4.54. The predicted molar refractivity (Wildman–Crippen MR) is 64.6 cm³/mol. The highest BCUT2D eigenvalue weighted by atomic mass is 32.2. The van der Waals surface area contributed by atoms with E-state index in [0.29, 0.717) is 4.90 Å². The molecule has 15 heavy (non-hydrogen) atoms. The minimum Gasteiger partial charge on any atom is -0.324 e. The van der Waals surface area contributed by atoms with Crippen molar-refractivity contribution in [1.29, 1.82) is 0 Å². The first-order valence-corrected chi connectivity index (χ1v) is 5.86. The zero-order chi connectivity index (χ0) is 11.6. The maximum absolute atomic E-state index is 13.7. The summed E-state index contributed by atoms with van der Waals surface area (Å²) in [7, 11) is 0. The molecule has 0 heterocycles. The van der Waals surface area contributed by atoms with Crippen molar-refractivity contribution in [1.82, 2.24) is 0 Å². The van der Waals surface area contributed by atoms with E-state index in [9.17, 15) is 4.39 Å². The van der Waals surface area contributed by atoms with Gasteiger partial charge in [-0.15, -0.1) is 11.8 Å². The van der Waals surface area contributed by atoms with E-state index < -0.39 is 0 Å². The van der Waals surface area contributed by atoms with Crippen molar-refractivity contribution >= 4 is 11.8 Å². The summed E-state index contributed by atoms with van der Waals surface area (Å²) in [6.07, 6.45) is 0. The molecule has 2 N–H and O–H groups in total. The van der Waals surface area contributed by atoms with Crippen molar-refractivity contribution in [2.24, 2.45) is 5.73 Å². The molecule has 0 saturated heterocycles. The van der Waals surface area contributed by atoms with Crippen LogP contribution in [0.3, 0.4) is 0 Å². The van der Waals surface area contributed by atoms with Gasteiger partial charge in [0.15, 0.2) is 0 Å². The number of hydrogen-bond donors (Lipinski definition) is 1. The Labute approximate surface area is 95.2 Å². The Morgan fingerprint density at radius 1 is 1.33 bits per heavy atom. The van der Waals surface area contributed by atoms with Gasteiger partial charge in [-0.3, -0.25) is 0 Å². The van der Waals surface area contributed by atoms with Crippen molar-refractivity contribution in [3.8, 4) is 0 Å². The lowest BCUT2D eigenvalue weighted by atomic mass is 10.1. The quantitative estimate of drug-likeness (QED) is 0.779. The third-order valence-corrected chi connectivity index (χ3v) is 3.14. The summed E-state index contributed by atoms with van der Waals surface area (Å²) >= 11 is 1.53. The van der Waals surface area contributed by atoms with Gasteiger partial charge in [-0.05, 0) is 18.6 Å². The van der Waals surface area contributed by atoms with Crippen molar-refractivity contribution in [3.63, 3.8) is 0 Å². The van der Waals surface area contributed by atoms with Gasteiger partial charge >= 0.3 is 0 Å². The topological polar surface area (TPSA) is 26.0 Å². The number of thioether (sulfide) groups is 1. The summed E-state index contributed by atoms with van der Waals surface area (Å²) in [5.41, 5.74) is 6.71. The van der Waals surface area contributed by atoms with Crippen molar-refractivity contribution in [3.05, 3.63) is 29.6 Å². The van der Waals surface area contributed by atoms with Gasteiger partial charge in [-0.2, -0.15) is 0 Å². The van der Waals surface area contributed by atoms with Crippen LogP contribution in [0.4, 0.5) is 4.39 Å². The van der Waals surface area contributed by atoms with Crippen LogP contribution in [-0.4, -0.2) is 4.75 Å². The lowest BCUT2D eigenvalue weighted by Gasteiger charge is -2.21. The van der Waals surface area contributed by atoms with Crippen LogP contribution in [0.25, 0.3) is 0 Å². The van der Waals surface area contributed by atoms with Gasteiger partial charge in [0.05, 0.1) is 0 Å². The van der Waals surface area contributed by atoms with Crippen LogP contribution >= 0.6 is 11.8 Å². The summed E-state index contributed by atoms with van der Waals surface area (Å²) in [6.45, 7) is 8.07. The van der Waals surface area contributed by atoms with Gasteiger partial charge in [0.1, 0.15) is 5.82 Å². The monoisotopic (exact) mass is 227 g/mol. The third kappa shape index (κ3) is 3.50. The van der Waals surface area contributed by atoms with Crippen LogP contribution in [0, 0.1) is 5.82 Å². The molecule has 1 rings (SSSR count). The summed E-state index contributed by atoms with van der Waals surface area (Å²) in [4.78, 5) is 0.681. The first kappa shape index (κ1) is 12.5. The highest BCUT2D eigenvalue weighted by molar-refractivity contribution is 8.00. The number of halogens is 1. The molecule has 0 bridgehead atoms. The Hall–Kier alpha value is -0.540. The Kier molecular flexibility index (Phi) is 3.79. The predicted octanol–water partition coefficient (Wildman–Crippen LogP) is 3.74. The molecule has 0 aliphatic carbocycles. The first-order valence-electron chi connectivity index (χ1n) is 5.04. The normalized spacial score (nSPS) is 14.0. The smallest absolute Gasteiger partial charge is 0.137 e. The number of benzene rings is 1. The maximum atomic E-state index is 13.7. The molecule has 1 aromatic rings. The molecule has 0 aliphatic heterocycles. The largest absolute Gasteiger partial charge is 0.324 e. The molecular weight excluding hydrogens is 209 g/mol. The molecule has 0 unspecified atom stereocenters. The molecule has 1 aromatic carbocycles. The number of nitrogens with two attached hydrogens (primary N) is 1. The summed E-state index contributed by atoms with van der Waals surface area (Å²) in [5, 5.41) is 0. The molecule has 0 aromatic heterocycles. The molecule has 0 saturated carbocycles. The maximum Gasteiger partial charge on any atom is 0.137 e. The molecule has 0 spiro atoms. The zero-order valence-electron chi connectivity index (χ0n) is 9.67. The zero-order valence-corrected chi connectivity index (χ0v) is 10.5. The molecule has 1 nitrogen and oxygen atoms in total. The molecule has 0 radical (unpaired) electrons. The summed E-state index contributed by atoms with van der Waals surface area (Å²) < 4.78 is 13.7. The van der Waals surface area contributed by atoms with Gasteiger partial charge in [0.25, 0.3) is 0 Å². The molecular formula is C12H18FNS. The van der Waals surface area contributed by atoms with Crippen LogP contribution in [-0.2, 0) is 0 Å². The fourth-order valence-corrected chi connectivity index (χ4v) is 2.45. The average molecular weight is 227 g/mol. The SMILES string of the molecule is C[C@H](N)c1cccc(F)c1SC(C)(C)C. The second-order valence-corrected chi connectivity index (χ2v) is 6.50. The van der Waals surface area contributed by atoms with Crippen molar-refractivity contribution < 1.29 is 4.39 Å². The van der Waals surface area contributed by atoms with Crippen molar-refractivity contribution in [2.75, 3.05) is 0 Å². The number of rotatable bonds is 2. The molecule has 84 valence electrons. The fourth-order valence-electron chi connectivity index (χ4n) is 1.30. The van der Waals surface area contributed by atoms with E-state index in [1.54, 1.807) is 6.07 Å². The van der Waals surface area contributed by atoms with Crippen molar-refractivity contribution in [2.45, 2.75) is 43.4 Å².